The third-order valence-electron chi connectivity index (χ3n) is 5.23. The molecule has 0 bridgehead atoms. The van der Waals surface area contributed by atoms with Crippen LogP contribution in [0.4, 0.5) is 4.39 Å². The average Bonchev–Trinajstić information content (AvgIpc) is 3.30. The van der Waals surface area contributed by atoms with Gasteiger partial charge in [-0.2, -0.15) is 5.10 Å². The molecule has 3 N–H and O–H groups in total. The van der Waals surface area contributed by atoms with E-state index < -0.39 is 0 Å². The number of aliphatic hydroxyl groups excluding tert-OH is 1. The Morgan fingerprint density at radius 3 is 2.57 bits per heavy atom. The van der Waals surface area contributed by atoms with Gasteiger partial charge in [0.05, 0.1) is 17.5 Å². The van der Waals surface area contributed by atoms with Gasteiger partial charge in [0, 0.05) is 49.4 Å². The van der Waals surface area contributed by atoms with Crippen LogP contribution >= 0.6 is 0 Å². The molecular weight excluding hydrogens is 355 g/mol. The lowest BCUT2D eigenvalue weighted by molar-refractivity contribution is 0.146. The Labute approximate surface area is 164 Å². The minimum atomic E-state index is -0.300. The van der Waals surface area contributed by atoms with Crippen molar-refractivity contribution in [2.45, 2.75) is 19.6 Å². The first-order chi connectivity index (χ1) is 13.6. The van der Waals surface area contributed by atoms with Crippen molar-refractivity contribution in [1.82, 2.24) is 20.4 Å². The molecule has 2 unspecified atom stereocenters. The third-order valence-corrected chi connectivity index (χ3v) is 5.23. The van der Waals surface area contributed by atoms with Gasteiger partial charge >= 0.3 is 0 Å². The summed E-state index contributed by atoms with van der Waals surface area (Å²) in [7, 11) is 0. The molecule has 0 saturated carbocycles. The molecule has 4 rings (SSSR count). The summed E-state index contributed by atoms with van der Waals surface area (Å²) >= 11 is 0. The van der Waals surface area contributed by atoms with E-state index in [4.69, 9.17) is 5.10 Å². The Kier molecular flexibility index (Phi) is 5.52. The predicted octanol–water partition coefficient (Wildman–Crippen LogP) is 2.66. The summed E-state index contributed by atoms with van der Waals surface area (Å²) in [4.78, 5) is 0. The van der Waals surface area contributed by atoms with Crippen molar-refractivity contribution in [3.8, 4) is 16.9 Å². The van der Waals surface area contributed by atoms with Crippen LogP contribution in [0.1, 0.15) is 11.1 Å². The van der Waals surface area contributed by atoms with Crippen LogP contribution < -0.4 is 10.6 Å². The highest BCUT2D eigenvalue weighted by Crippen LogP contribution is 2.24. The minimum absolute atomic E-state index is 0.218. The van der Waals surface area contributed by atoms with Crippen LogP contribution in [0, 0.1) is 18.7 Å². The summed E-state index contributed by atoms with van der Waals surface area (Å²) in [5.74, 6) is -0.0461. The summed E-state index contributed by atoms with van der Waals surface area (Å²) in [6, 6.07) is 14.6. The third kappa shape index (κ3) is 4.14. The Bertz CT molecular complexity index is 921. The molecule has 6 heteroatoms. The maximum absolute atomic E-state index is 13.3. The van der Waals surface area contributed by atoms with Gasteiger partial charge in [0.15, 0.2) is 0 Å². The van der Waals surface area contributed by atoms with E-state index in [1.807, 2.05) is 6.20 Å². The van der Waals surface area contributed by atoms with Gasteiger partial charge in [-0.1, -0.05) is 29.8 Å². The van der Waals surface area contributed by atoms with Crippen LogP contribution in [0.3, 0.4) is 0 Å². The van der Waals surface area contributed by atoms with Gasteiger partial charge in [0.1, 0.15) is 5.82 Å². The van der Waals surface area contributed by atoms with Crippen molar-refractivity contribution >= 4 is 0 Å². The Balaban J connectivity index is 1.58. The number of nitrogens with one attached hydrogen (secondary N) is 2. The van der Waals surface area contributed by atoms with Gasteiger partial charge < -0.3 is 15.7 Å². The van der Waals surface area contributed by atoms with E-state index in [-0.39, 0.29) is 17.8 Å². The molecule has 0 aliphatic carbocycles. The molecule has 146 valence electrons. The van der Waals surface area contributed by atoms with E-state index in [1.54, 1.807) is 16.8 Å². The highest BCUT2D eigenvalue weighted by molar-refractivity contribution is 5.63. The molecule has 1 fully saturated rings. The molecule has 1 saturated heterocycles. The van der Waals surface area contributed by atoms with Crippen molar-refractivity contribution in [2.24, 2.45) is 5.92 Å². The molecule has 0 amide bonds. The van der Waals surface area contributed by atoms with E-state index >= 15 is 0 Å². The molecule has 5 nitrogen and oxygen atoms in total. The predicted molar refractivity (Wildman–Crippen MR) is 108 cm³/mol. The van der Waals surface area contributed by atoms with Crippen LogP contribution in [0.5, 0.6) is 0 Å². The molecule has 2 heterocycles. The van der Waals surface area contributed by atoms with Crippen LogP contribution in [0.25, 0.3) is 16.9 Å². The second-order valence-corrected chi connectivity index (χ2v) is 7.41. The number of aromatic nitrogens is 2. The van der Waals surface area contributed by atoms with Crippen molar-refractivity contribution < 1.29 is 9.50 Å². The highest BCUT2D eigenvalue weighted by atomic mass is 19.1. The number of hydrogen-bond acceptors (Lipinski definition) is 4. The smallest absolute Gasteiger partial charge is 0.123 e. The van der Waals surface area contributed by atoms with E-state index in [1.165, 1.54) is 17.7 Å². The molecule has 2 atom stereocenters. The maximum atomic E-state index is 13.3. The van der Waals surface area contributed by atoms with Crippen molar-refractivity contribution in [1.29, 1.82) is 0 Å². The summed E-state index contributed by atoms with van der Waals surface area (Å²) in [6.45, 7) is 4.93. The van der Waals surface area contributed by atoms with Crippen LogP contribution in [0.2, 0.25) is 0 Å². The zero-order chi connectivity index (χ0) is 19.5. The van der Waals surface area contributed by atoms with Gasteiger partial charge in [-0.3, -0.25) is 0 Å². The lowest BCUT2D eigenvalue weighted by Gasteiger charge is -2.14. The fraction of sp³-hybridized carbons (Fsp3) is 0.318. The first-order valence-corrected chi connectivity index (χ1v) is 9.61. The Morgan fingerprint density at radius 2 is 1.89 bits per heavy atom. The number of aliphatic hydroxyl groups is 1. The van der Waals surface area contributed by atoms with Gasteiger partial charge in [-0.25, -0.2) is 9.07 Å². The van der Waals surface area contributed by atoms with E-state index in [0.29, 0.717) is 13.1 Å². The lowest BCUT2D eigenvalue weighted by Crippen LogP contribution is -2.30. The molecule has 0 radical (unpaired) electrons. The number of halogens is 1. The lowest BCUT2D eigenvalue weighted by atomic mass is 10.1. The van der Waals surface area contributed by atoms with Crippen molar-refractivity contribution in [3.05, 3.63) is 71.7 Å². The molecule has 28 heavy (non-hydrogen) atoms. The normalized spacial score (nSPS) is 19.2. The second-order valence-electron chi connectivity index (χ2n) is 7.41. The number of aryl methyl sites for hydroxylation is 1. The number of rotatable bonds is 6. The summed E-state index contributed by atoms with van der Waals surface area (Å²) in [5.41, 5.74) is 5.03. The molecule has 1 aliphatic heterocycles. The SMILES string of the molecule is Cc1ccc(-c2nn(-c3ccc(F)cc3)cc2CNCC2CNCC2O)cc1. The monoisotopic (exact) mass is 380 g/mol. The van der Waals surface area contributed by atoms with Gasteiger partial charge in [0.25, 0.3) is 0 Å². The maximum Gasteiger partial charge on any atom is 0.123 e. The average molecular weight is 380 g/mol. The van der Waals surface area contributed by atoms with E-state index in [9.17, 15) is 9.50 Å². The summed E-state index contributed by atoms with van der Waals surface area (Å²) in [6.07, 6.45) is 1.68. The number of hydrogen-bond donors (Lipinski definition) is 3. The van der Waals surface area contributed by atoms with Crippen LogP contribution in [-0.4, -0.2) is 40.6 Å². The van der Waals surface area contributed by atoms with Crippen LogP contribution in [0.15, 0.2) is 54.7 Å². The molecule has 3 aromatic rings. The first kappa shape index (κ1) is 18.8. The standard InChI is InChI=1S/C22H25FN4O/c1-15-2-4-16(5-3-15)22-18(12-24-10-17-11-25-13-21(17)28)14-27(26-22)20-8-6-19(23)7-9-20/h2-9,14,17,21,24-25,28H,10-13H2,1H3. The molecule has 2 aromatic carbocycles. The Morgan fingerprint density at radius 1 is 1.14 bits per heavy atom. The zero-order valence-electron chi connectivity index (χ0n) is 15.9. The summed E-state index contributed by atoms with van der Waals surface area (Å²) < 4.78 is 15.1. The number of β-amino-alcohol motifs (C(OH)–C–C–N with tert-alkyl or cyclic N) is 1. The van der Waals surface area contributed by atoms with Crippen molar-refractivity contribution in [2.75, 3.05) is 19.6 Å². The first-order valence-electron chi connectivity index (χ1n) is 9.61. The quantitative estimate of drug-likeness (QED) is 0.615. The second kappa shape index (κ2) is 8.22. The fourth-order valence-electron chi connectivity index (χ4n) is 3.54. The van der Waals surface area contributed by atoms with Gasteiger partial charge in [-0.15, -0.1) is 0 Å². The van der Waals surface area contributed by atoms with E-state index in [0.717, 1.165) is 35.6 Å². The van der Waals surface area contributed by atoms with Gasteiger partial charge in [0.2, 0.25) is 0 Å². The number of benzene rings is 2. The fourth-order valence-corrected chi connectivity index (χ4v) is 3.54. The topological polar surface area (TPSA) is 62.1 Å². The molecule has 1 aliphatic rings. The minimum Gasteiger partial charge on any atom is -0.391 e. The summed E-state index contributed by atoms with van der Waals surface area (Å²) in [5, 5.41) is 21.4. The largest absolute Gasteiger partial charge is 0.391 e. The highest BCUT2D eigenvalue weighted by Gasteiger charge is 2.24. The van der Waals surface area contributed by atoms with Crippen LogP contribution in [-0.2, 0) is 6.54 Å². The Hall–Kier alpha value is -2.54. The number of nitrogens with zero attached hydrogens (tertiary/aromatic N) is 2. The molecule has 1 aromatic heterocycles. The molecular formula is C22H25FN4O. The zero-order valence-corrected chi connectivity index (χ0v) is 15.9. The molecule has 0 spiro atoms. The van der Waals surface area contributed by atoms with Crippen molar-refractivity contribution in [3.63, 3.8) is 0 Å². The van der Waals surface area contributed by atoms with Gasteiger partial charge in [-0.05, 0) is 31.2 Å². The van der Waals surface area contributed by atoms with E-state index in [2.05, 4.69) is 41.8 Å².